The number of methoxy groups -OCH3 is 1. The van der Waals surface area contributed by atoms with E-state index < -0.39 is 60.0 Å². The van der Waals surface area contributed by atoms with Crippen molar-refractivity contribution in [2.75, 3.05) is 47.4 Å². The fourth-order valence-corrected chi connectivity index (χ4v) is 9.21. The predicted molar refractivity (Wildman–Crippen MR) is 300 cm³/mol. The number of aromatic nitrogens is 2. The second kappa shape index (κ2) is 31.0. The highest BCUT2D eigenvalue weighted by molar-refractivity contribution is 6.30. The van der Waals surface area contributed by atoms with Gasteiger partial charge in [0, 0.05) is 76.0 Å². The lowest BCUT2D eigenvalue weighted by Crippen LogP contribution is -2.56. The lowest BCUT2D eigenvalue weighted by Gasteiger charge is -2.32. The van der Waals surface area contributed by atoms with E-state index >= 15 is 0 Å². The van der Waals surface area contributed by atoms with E-state index in [0.29, 0.717) is 23.1 Å². The number of aryl methyl sites for hydroxylation is 1. The van der Waals surface area contributed by atoms with Gasteiger partial charge in [-0.05, 0) is 118 Å². The van der Waals surface area contributed by atoms with Crippen molar-refractivity contribution in [3.63, 3.8) is 0 Å². The number of halogens is 4. The van der Waals surface area contributed by atoms with Crippen LogP contribution in [0.2, 0.25) is 5.02 Å². The molecule has 5 aromatic rings. The molecule has 0 saturated carbocycles. The average Bonchev–Trinajstić information content (AvgIpc) is 4.11. The molecule has 6 rings (SSSR count). The van der Waals surface area contributed by atoms with E-state index in [2.05, 4.69) is 39.4 Å². The van der Waals surface area contributed by atoms with Gasteiger partial charge >= 0.3 is 18.1 Å². The molecule has 0 unspecified atom stereocenters. The maximum Gasteiger partial charge on any atom is 0.490 e. The highest BCUT2D eigenvalue weighted by Crippen LogP contribution is 2.30. The van der Waals surface area contributed by atoms with Crippen LogP contribution in [-0.4, -0.2) is 148 Å². The molecule has 0 spiro atoms. The first-order valence-corrected chi connectivity index (χ1v) is 27.1. The van der Waals surface area contributed by atoms with Crippen molar-refractivity contribution in [2.24, 2.45) is 13.0 Å². The Bertz CT molecular complexity index is 2870. The van der Waals surface area contributed by atoms with Gasteiger partial charge in [0.25, 0.3) is 0 Å². The summed E-state index contributed by atoms with van der Waals surface area (Å²) in [7, 11) is 6.69. The number of alkyl halides is 3. The molecule has 4 amide bonds. The molecule has 5 N–H and O–H groups in total. The Morgan fingerprint density at radius 1 is 0.827 bits per heavy atom. The second-order valence-corrected chi connectivity index (χ2v) is 20.6. The number of likely N-dealkylation sites (N-methyl/N-ethyl adjacent to an activating group) is 2. The maximum absolute atomic E-state index is 14.4. The molecule has 1 aliphatic rings. The van der Waals surface area contributed by atoms with Crippen molar-refractivity contribution in [3.05, 3.63) is 136 Å². The van der Waals surface area contributed by atoms with Gasteiger partial charge in [0.2, 0.25) is 23.6 Å². The quantitative estimate of drug-likeness (QED) is 0.0341. The van der Waals surface area contributed by atoms with E-state index in [9.17, 15) is 42.3 Å². The summed E-state index contributed by atoms with van der Waals surface area (Å²) in [6.07, 6.45) is 0.223. The van der Waals surface area contributed by atoms with Gasteiger partial charge in [0.15, 0.2) is 0 Å². The van der Waals surface area contributed by atoms with E-state index in [1.54, 1.807) is 40.1 Å². The normalized spacial score (nSPS) is 14.3. The first kappa shape index (κ1) is 64.5. The molecule has 0 bridgehead atoms. The SMILES string of the molecule is CCc1ccc(CN[C@@H](C)C(=O)N[C@@H](COC)C(=O)N(C)[C@H](CC(=O)NC[C@H](C)N(C)C(=O)[C@@H](CC(=O)O)Cc2ccccc2)Cc2ccc(Cl)cc2)c(Oc2ccc(-c3cnc(CN4CCCC4)n3C)cc2)c1.O=C(O)C(F)(F)F. The number of amides is 4. The third-order valence-corrected chi connectivity index (χ3v) is 14.4. The lowest BCUT2D eigenvalue weighted by molar-refractivity contribution is -0.192. The van der Waals surface area contributed by atoms with E-state index in [4.69, 9.17) is 36.0 Å². The number of hydrogen-bond acceptors (Lipinski definition) is 11. The van der Waals surface area contributed by atoms with Crippen molar-refractivity contribution < 1.29 is 61.6 Å². The number of rotatable bonds is 27. The highest BCUT2D eigenvalue weighted by Gasteiger charge is 2.38. The Morgan fingerprint density at radius 2 is 1.46 bits per heavy atom. The fraction of sp³-hybridized carbons (Fsp3) is 0.441. The van der Waals surface area contributed by atoms with Gasteiger partial charge in [0.1, 0.15) is 23.4 Å². The minimum atomic E-state index is -5.08. The molecular formula is C59H74ClF3N8O10. The van der Waals surface area contributed by atoms with Crippen LogP contribution in [0.3, 0.4) is 0 Å². The van der Waals surface area contributed by atoms with Gasteiger partial charge in [-0.1, -0.05) is 73.1 Å². The zero-order chi connectivity index (χ0) is 59.4. The smallest absolute Gasteiger partial charge is 0.481 e. The number of carboxylic acid groups (broad SMARTS) is 2. The van der Waals surface area contributed by atoms with Crippen LogP contribution in [0.15, 0.2) is 103 Å². The van der Waals surface area contributed by atoms with E-state index in [1.165, 1.54) is 29.8 Å². The largest absolute Gasteiger partial charge is 0.490 e. The maximum atomic E-state index is 14.4. The van der Waals surface area contributed by atoms with Crippen LogP contribution < -0.4 is 20.7 Å². The second-order valence-electron chi connectivity index (χ2n) is 20.2. The molecule has 1 saturated heterocycles. The Labute approximate surface area is 475 Å². The monoisotopic (exact) mass is 1150 g/mol. The number of ether oxygens (including phenoxy) is 2. The number of aliphatic carboxylic acids is 2. The Kier molecular flexibility index (Phi) is 24.7. The van der Waals surface area contributed by atoms with Gasteiger partial charge in [-0.3, -0.25) is 28.9 Å². The summed E-state index contributed by atoms with van der Waals surface area (Å²) in [5.74, 6) is -3.85. The summed E-state index contributed by atoms with van der Waals surface area (Å²) >= 11 is 6.20. The topological polar surface area (TPSA) is 225 Å². The zero-order valence-electron chi connectivity index (χ0n) is 46.8. The molecule has 438 valence electrons. The molecule has 1 aromatic heterocycles. The minimum absolute atomic E-state index is 0.0842. The summed E-state index contributed by atoms with van der Waals surface area (Å²) < 4.78 is 45.8. The molecular weight excluding hydrogens is 1070 g/mol. The molecule has 0 radical (unpaired) electrons. The standard InChI is InChI=1S/C57H73ClN8O8.C2HF3O2/c1-8-40-16-19-44(51(30-40)74-48-24-20-43(21-25-48)50-35-60-52(65(50)6)36-66-26-12-13-27-66)34-59-39(3)55(70)62-49(37-73-7)57(72)64(5)47(29-42-17-22-46(58)23-18-42)32-53(67)61-33-38(2)63(4)56(71)45(31-54(68)69)28-41-14-10-9-11-15-41;3-2(4,5)1(6)7/h9-11,14-25,30,35,38-39,45,47,49,59H,8,12-13,26-29,31-34,36-37H2,1-7H3,(H,61,67)(H,62,70)(H,68,69);(H,6,7)/t38-,39-,45+,47-,49-;/m0./s1. The molecule has 5 atom stereocenters. The Hall–Kier alpha value is -7.33. The number of carbonyl (C=O) groups excluding carboxylic acids is 4. The van der Waals surface area contributed by atoms with Crippen molar-refractivity contribution in [3.8, 4) is 22.8 Å². The van der Waals surface area contributed by atoms with E-state index in [-0.39, 0.29) is 50.6 Å². The van der Waals surface area contributed by atoms with Crippen LogP contribution in [0.4, 0.5) is 13.2 Å². The summed E-state index contributed by atoms with van der Waals surface area (Å²) in [5.41, 5.74) is 5.69. The van der Waals surface area contributed by atoms with Crippen LogP contribution >= 0.6 is 11.6 Å². The molecule has 1 fully saturated rings. The molecule has 1 aliphatic heterocycles. The number of carbonyl (C=O) groups is 6. The fourth-order valence-electron chi connectivity index (χ4n) is 9.09. The van der Waals surface area contributed by atoms with Crippen molar-refractivity contribution >= 4 is 47.2 Å². The number of nitrogens with zero attached hydrogens (tertiary/aromatic N) is 5. The molecule has 4 aromatic carbocycles. The minimum Gasteiger partial charge on any atom is -0.481 e. The van der Waals surface area contributed by atoms with Crippen molar-refractivity contribution in [1.82, 2.24) is 40.2 Å². The third kappa shape index (κ3) is 20.0. The van der Waals surface area contributed by atoms with Crippen LogP contribution in [0.5, 0.6) is 11.5 Å². The number of benzene rings is 4. The van der Waals surface area contributed by atoms with Crippen LogP contribution in [0.25, 0.3) is 11.3 Å². The molecule has 22 heteroatoms. The predicted octanol–water partition coefficient (Wildman–Crippen LogP) is 7.69. The first-order chi connectivity index (χ1) is 38.5. The average molecular weight is 1150 g/mol. The number of hydrogen-bond donors (Lipinski definition) is 5. The number of likely N-dealkylation sites (tertiary alicyclic amines) is 1. The number of carboxylic acids is 2. The van der Waals surface area contributed by atoms with E-state index in [1.807, 2.05) is 91.1 Å². The summed E-state index contributed by atoms with van der Waals surface area (Å²) in [4.78, 5) is 86.2. The van der Waals surface area contributed by atoms with Gasteiger partial charge < -0.3 is 50.0 Å². The van der Waals surface area contributed by atoms with E-state index in [0.717, 1.165) is 65.4 Å². The van der Waals surface area contributed by atoms with Gasteiger partial charge in [-0.15, -0.1) is 0 Å². The number of imidazole rings is 1. The van der Waals surface area contributed by atoms with Crippen molar-refractivity contribution in [1.29, 1.82) is 0 Å². The van der Waals surface area contributed by atoms with Crippen LogP contribution in [0.1, 0.15) is 74.5 Å². The lowest BCUT2D eigenvalue weighted by atomic mass is 9.94. The van der Waals surface area contributed by atoms with Crippen LogP contribution in [0, 0.1) is 5.92 Å². The Balaban J connectivity index is 0.00000161. The third-order valence-electron chi connectivity index (χ3n) is 14.1. The molecule has 2 heterocycles. The number of nitrogens with one attached hydrogen (secondary N) is 3. The summed E-state index contributed by atoms with van der Waals surface area (Å²) in [5, 5.41) is 26.4. The van der Waals surface area contributed by atoms with Gasteiger partial charge in [-0.25, -0.2) is 9.78 Å². The first-order valence-electron chi connectivity index (χ1n) is 26.7. The van der Waals surface area contributed by atoms with Gasteiger partial charge in [0.05, 0.1) is 43.4 Å². The molecule has 18 nitrogen and oxygen atoms in total. The Morgan fingerprint density at radius 3 is 2.06 bits per heavy atom. The molecule has 0 aliphatic carbocycles. The highest BCUT2D eigenvalue weighted by atomic mass is 35.5. The van der Waals surface area contributed by atoms with Gasteiger partial charge in [-0.2, -0.15) is 13.2 Å². The van der Waals surface area contributed by atoms with Crippen molar-refractivity contribution in [2.45, 2.75) is 109 Å². The molecule has 81 heavy (non-hydrogen) atoms. The van der Waals surface area contributed by atoms with Crippen LogP contribution in [-0.2, 0) is 72.9 Å². The summed E-state index contributed by atoms with van der Waals surface area (Å²) in [6, 6.07) is 27.4. The zero-order valence-corrected chi connectivity index (χ0v) is 47.6. The summed E-state index contributed by atoms with van der Waals surface area (Å²) in [6.45, 7) is 8.88.